The van der Waals surface area contributed by atoms with E-state index in [0.29, 0.717) is 17.8 Å². The summed E-state index contributed by atoms with van der Waals surface area (Å²) in [7, 11) is 0. The lowest BCUT2D eigenvalue weighted by Gasteiger charge is -2.66. The van der Waals surface area contributed by atoms with Gasteiger partial charge in [-0.15, -0.1) is 0 Å². The second kappa shape index (κ2) is 4.35. The third-order valence-corrected chi connectivity index (χ3v) is 6.94. The lowest BCUT2D eigenvalue weighted by Crippen LogP contribution is -2.65. The van der Waals surface area contributed by atoms with Gasteiger partial charge in [0, 0.05) is 0 Å². The van der Waals surface area contributed by atoms with Crippen LogP contribution >= 0.6 is 0 Å². The smallest absolute Gasteiger partial charge is 0.0757 e. The fraction of sp³-hybridized carbons (Fsp3) is 0.700. The van der Waals surface area contributed by atoms with Crippen LogP contribution in [-0.4, -0.2) is 10.7 Å². The fourth-order valence-electron chi connectivity index (χ4n) is 6.27. The molecule has 1 heteroatoms. The van der Waals surface area contributed by atoms with E-state index >= 15 is 0 Å². The average molecular weight is 284 g/mol. The number of rotatable bonds is 1. The third kappa shape index (κ3) is 1.79. The first kappa shape index (κ1) is 13.8. The summed E-state index contributed by atoms with van der Waals surface area (Å²) >= 11 is 0. The minimum absolute atomic E-state index is 0.0252. The van der Waals surface area contributed by atoms with Crippen molar-refractivity contribution in [1.82, 2.24) is 0 Å². The van der Waals surface area contributed by atoms with Crippen molar-refractivity contribution in [1.29, 1.82) is 0 Å². The van der Waals surface area contributed by atoms with Gasteiger partial charge in [0.1, 0.15) is 0 Å². The summed E-state index contributed by atoms with van der Waals surface area (Å²) in [5.41, 5.74) is 0.956. The molecule has 0 aliphatic heterocycles. The van der Waals surface area contributed by atoms with E-state index in [9.17, 15) is 5.11 Å². The fourth-order valence-corrected chi connectivity index (χ4v) is 6.27. The molecule has 114 valence electrons. The van der Waals surface area contributed by atoms with Gasteiger partial charge in [-0.25, -0.2) is 0 Å². The van der Waals surface area contributed by atoms with Gasteiger partial charge in [-0.1, -0.05) is 51.1 Å². The van der Waals surface area contributed by atoms with E-state index in [1.54, 1.807) is 0 Å². The summed E-state index contributed by atoms with van der Waals surface area (Å²) < 4.78 is 0. The summed E-state index contributed by atoms with van der Waals surface area (Å²) in [4.78, 5) is 0. The molecule has 4 aliphatic carbocycles. The maximum atomic E-state index is 11.8. The van der Waals surface area contributed by atoms with Crippen molar-refractivity contribution >= 4 is 0 Å². The molecule has 4 fully saturated rings. The zero-order chi connectivity index (χ0) is 14.8. The Hall–Kier alpha value is -0.820. The van der Waals surface area contributed by atoms with Gasteiger partial charge < -0.3 is 5.11 Å². The summed E-state index contributed by atoms with van der Waals surface area (Å²) in [5.74, 6) is 3.23. The zero-order valence-corrected chi connectivity index (χ0v) is 13.5. The highest BCUT2D eigenvalue weighted by Crippen LogP contribution is 2.67. The van der Waals surface area contributed by atoms with Gasteiger partial charge in [0.05, 0.1) is 5.60 Å². The Kier molecular flexibility index (Phi) is 2.86. The highest BCUT2D eigenvalue weighted by molar-refractivity contribution is 5.28. The first-order chi connectivity index (χ1) is 9.91. The summed E-state index contributed by atoms with van der Waals surface area (Å²) in [6.45, 7) is 6.74. The van der Waals surface area contributed by atoms with Crippen LogP contribution in [0.3, 0.4) is 0 Å². The summed E-state index contributed by atoms with van der Waals surface area (Å²) in [6.07, 6.45) is 5.13. The van der Waals surface area contributed by atoms with Crippen molar-refractivity contribution < 1.29 is 5.11 Å². The van der Waals surface area contributed by atoms with Crippen LogP contribution in [0.25, 0.3) is 0 Å². The van der Waals surface area contributed by atoms with E-state index in [0.717, 1.165) is 11.8 Å². The highest BCUT2D eigenvalue weighted by atomic mass is 16.3. The maximum Gasteiger partial charge on any atom is 0.0757 e. The van der Waals surface area contributed by atoms with Gasteiger partial charge in [0.15, 0.2) is 0 Å². The predicted molar refractivity (Wildman–Crippen MR) is 86.0 cm³/mol. The molecule has 1 aromatic rings. The van der Waals surface area contributed by atoms with Crippen LogP contribution in [0.15, 0.2) is 30.3 Å². The van der Waals surface area contributed by atoms with Crippen LogP contribution in [0.2, 0.25) is 0 Å². The predicted octanol–water partition coefficient (Wildman–Crippen LogP) is 4.61. The maximum absolute atomic E-state index is 11.8. The molecular weight excluding hydrogens is 256 g/mol. The van der Waals surface area contributed by atoms with Crippen LogP contribution in [-0.2, 0) is 0 Å². The molecule has 1 nitrogen and oxygen atoms in total. The van der Waals surface area contributed by atoms with Gasteiger partial charge in [-0.2, -0.15) is 0 Å². The Bertz CT molecular complexity index is 529. The Labute approximate surface area is 128 Å². The Balaban J connectivity index is 1.80. The van der Waals surface area contributed by atoms with Gasteiger partial charge in [-0.3, -0.25) is 0 Å². The SMILES string of the molecule is CC(C)(C)[C@@]1(O)[C@H]2C[C@@H]3C[C@H](C2)[C@H](c2ccccc2)[C@H]1C3. The number of benzene rings is 1. The van der Waals surface area contributed by atoms with Crippen LogP contribution in [0.4, 0.5) is 0 Å². The molecule has 4 aliphatic rings. The van der Waals surface area contributed by atoms with E-state index in [1.165, 1.54) is 31.2 Å². The molecule has 0 aromatic heterocycles. The molecule has 0 heterocycles. The topological polar surface area (TPSA) is 20.2 Å². The van der Waals surface area contributed by atoms with E-state index in [1.807, 2.05) is 0 Å². The number of hydrogen-bond donors (Lipinski definition) is 1. The van der Waals surface area contributed by atoms with Crippen LogP contribution < -0.4 is 0 Å². The second-order valence-electron chi connectivity index (χ2n) is 8.88. The molecule has 0 radical (unpaired) electrons. The quantitative estimate of drug-likeness (QED) is 0.798. The van der Waals surface area contributed by atoms with E-state index < -0.39 is 5.60 Å². The van der Waals surface area contributed by atoms with Crippen molar-refractivity contribution in [2.75, 3.05) is 0 Å². The molecule has 0 amide bonds. The first-order valence-corrected chi connectivity index (χ1v) is 8.68. The normalized spacial score (nSPS) is 45.0. The molecule has 5 rings (SSSR count). The number of aliphatic hydroxyl groups is 1. The highest BCUT2D eigenvalue weighted by Gasteiger charge is 2.64. The summed E-state index contributed by atoms with van der Waals surface area (Å²) in [5, 5.41) is 11.8. The molecule has 0 unspecified atom stereocenters. The molecule has 4 saturated carbocycles. The van der Waals surface area contributed by atoms with Crippen molar-refractivity contribution in [2.24, 2.45) is 29.1 Å². The van der Waals surface area contributed by atoms with Crippen LogP contribution in [0.1, 0.15) is 57.9 Å². The average Bonchev–Trinajstić information content (AvgIpc) is 2.43. The van der Waals surface area contributed by atoms with Gasteiger partial charge >= 0.3 is 0 Å². The molecule has 4 bridgehead atoms. The molecule has 21 heavy (non-hydrogen) atoms. The standard InChI is InChI=1S/C20H28O/c1-19(2,3)20(21)16-10-13-9-15(12-16)18(17(20)11-13)14-7-5-4-6-8-14/h4-8,13,15-18,21H,9-12H2,1-3H3/t13-,15+,16-,17+,18-,20+/m0/s1. The van der Waals surface area contributed by atoms with E-state index in [2.05, 4.69) is 51.1 Å². The lowest BCUT2D eigenvalue weighted by atomic mass is 9.41. The van der Waals surface area contributed by atoms with E-state index in [-0.39, 0.29) is 5.41 Å². The van der Waals surface area contributed by atoms with Gasteiger partial charge in [0.25, 0.3) is 0 Å². The Morgan fingerprint density at radius 1 is 1.00 bits per heavy atom. The molecule has 0 spiro atoms. The van der Waals surface area contributed by atoms with E-state index in [4.69, 9.17) is 0 Å². The molecular formula is C20H28O. The van der Waals surface area contributed by atoms with Crippen LogP contribution in [0.5, 0.6) is 0 Å². The number of hydrogen-bond acceptors (Lipinski definition) is 1. The zero-order valence-electron chi connectivity index (χ0n) is 13.5. The first-order valence-electron chi connectivity index (χ1n) is 8.68. The van der Waals surface area contributed by atoms with Crippen molar-refractivity contribution in [3.63, 3.8) is 0 Å². The monoisotopic (exact) mass is 284 g/mol. The minimum atomic E-state index is -0.485. The van der Waals surface area contributed by atoms with Gasteiger partial charge in [-0.05, 0) is 66.3 Å². The third-order valence-electron chi connectivity index (χ3n) is 6.94. The molecule has 1 aromatic carbocycles. The van der Waals surface area contributed by atoms with Crippen molar-refractivity contribution in [3.8, 4) is 0 Å². The van der Waals surface area contributed by atoms with Gasteiger partial charge in [0.2, 0.25) is 0 Å². The Morgan fingerprint density at radius 2 is 1.71 bits per heavy atom. The van der Waals surface area contributed by atoms with Crippen molar-refractivity contribution in [3.05, 3.63) is 35.9 Å². The minimum Gasteiger partial charge on any atom is -0.389 e. The molecule has 1 N–H and O–H groups in total. The lowest BCUT2D eigenvalue weighted by molar-refractivity contribution is -0.232. The Morgan fingerprint density at radius 3 is 2.38 bits per heavy atom. The van der Waals surface area contributed by atoms with Crippen molar-refractivity contribution in [2.45, 2.75) is 58.0 Å². The molecule has 0 saturated heterocycles. The molecule has 6 atom stereocenters. The summed E-state index contributed by atoms with van der Waals surface area (Å²) in [6, 6.07) is 11.0. The largest absolute Gasteiger partial charge is 0.389 e. The van der Waals surface area contributed by atoms with Crippen LogP contribution in [0, 0.1) is 29.1 Å². The second-order valence-corrected chi connectivity index (χ2v) is 8.88.